The summed E-state index contributed by atoms with van der Waals surface area (Å²) in [5.74, 6) is 2.59. The Morgan fingerprint density at radius 3 is 2.59 bits per heavy atom. The molecule has 8 nitrogen and oxygen atoms in total. The van der Waals surface area contributed by atoms with Crippen molar-refractivity contribution in [2.75, 3.05) is 50.2 Å². The normalized spacial score (nSPS) is 14.6. The van der Waals surface area contributed by atoms with Gasteiger partial charge in [-0.3, -0.25) is 4.57 Å². The molecular formula is C21H28N6O2. The first-order chi connectivity index (χ1) is 14.2. The molecule has 2 aromatic heterocycles. The predicted octanol–water partition coefficient (Wildman–Crippen LogP) is 2.91. The van der Waals surface area contributed by atoms with E-state index in [2.05, 4.69) is 50.7 Å². The van der Waals surface area contributed by atoms with E-state index < -0.39 is 0 Å². The molecule has 8 heteroatoms. The Morgan fingerprint density at radius 2 is 1.90 bits per heavy atom. The van der Waals surface area contributed by atoms with Gasteiger partial charge >= 0.3 is 0 Å². The fourth-order valence-corrected chi connectivity index (χ4v) is 3.61. The minimum Gasteiger partial charge on any atom is -0.497 e. The van der Waals surface area contributed by atoms with Crippen molar-refractivity contribution in [2.45, 2.75) is 26.3 Å². The lowest BCUT2D eigenvalue weighted by atomic mass is 10.1. The molecule has 0 aliphatic carbocycles. The zero-order chi connectivity index (χ0) is 20.2. The van der Waals surface area contributed by atoms with Crippen LogP contribution in [-0.4, -0.2) is 59.5 Å². The lowest BCUT2D eigenvalue weighted by molar-refractivity contribution is 0.121. The van der Waals surface area contributed by atoms with Gasteiger partial charge in [0.2, 0.25) is 5.95 Å². The van der Waals surface area contributed by atoms with Crippen molar-refractivity contribution >= 4 is 22.9 Å². The second-order valence-electron chi connectivity index (χ2n) is 7.39. The maximum atomic E-state index is 5.50. The van der Waals surface area contributed by atoms with Gasteiger partial charge in [0.15, 0.2) is 17.0 Å². The van der Waals surface area contributed by atoms with Gasteiger partial charge in [0.05, 0.1) is 20.3 Å². The third-order valence-corrected chi connectivity index (χ3v) is 5.13. The zero-order valence-corrected chi connectivity index (χ0v) is 17.3. The molecule has 0 unspecified atom stereocenters. The quantitative estimate of drug-likeness (QED) is 0.658. The highest BCUT2D eigenvalue weighted by Gasteiger charge is 2.23. The Morgan fingerprint density at radius 1 is 1.14 bits per heavy atom. The molecule has 1 aromatic carbocycles. The average molecular weight is 396 g/mol. The van der Waals surface area contributed by atoms with Crippen LogP contribution in [0.1, 0.15) is 25.5 Å². The molecule has 1 fully saturated rings. The summed E-state index contributed by atoms with van der Waals surface area (Å²) in [6.07, 6.45) is 2.50. The summed E-state index contributed by atoms with van der Waals surface area (Å²) in [5.41, 5.74) is 2.92. The lowest BCUT2D eigenvalue weighted by Crippen LogP contribution is -2.38. The predicted molar refractivity (Wildman–Crippen MR) is 114 cm³/mol. The van der Waals surface area contributed by atoms with Crippen LogP contribution in [0.25, 0.3) is 11.2 Å². The van der Waals surface area contributed by atoms with E-state index in [9.17, 15) is 0 Å². The Balaban J connectivity index is 1.56. The molecule has 0 spiro atoms. The monoisotopic (exact) mass is 396 g/mol. The van der Waals surface area contributed by atoms with E-state index in [4.69, 9.17) is 14.5 Å². The van der Waals surface area contributed by atoms with Crippen LogP contribution in [0.15, 0.2) is 30.6 Å². The number of benzene rings is 1. The Hall–Kier alpha value is -2.87. The molecule has 0 radical (unpaired) electrons. The first-order valence-corrected chi connectivity index (χ1v) is 10.1. The van der Waals surface area contributed by atoms with E-state index in [0.29, 0.717) is 0 Å². The highest BCUT2D eigenvalue weighted by atomic mass is 16.5. The Kier molecular flexibility index (Phi) is 5.80. The van der Waals surface area contributed by atoms with Crippen molar-refractivity contribution < 1.29 is 9.47 Å². The molecule has 0 bridgehead atoms. The molecule has 1 N–H and O–H groups in total. The summed E-state index contributed by atoms with van der Waals surface area (Å²) in [5, 5.41) is 3.45. The van der Waals surface area contributed by atoms with Crippen LogP contribution >= 0.6 is 0 Å². The number of ether oxygens (including phenoxy) is 2. The van der Waals surface area contributed by atoms with Crippen LogP contribution in [0, 0.1) is 0 Å². The van der Waals surface area contributed by atoms with Crippen molar-refractivity contribution in [2.24, 2.45) is 0 Å². The third kappa shape index (κ3) is 4.12. The minimum absolute atomic E-state index is 0.250. The number of morpholine rings is 1. The number of hydrogen-bond donors (Lipinski definition) is 1. The maximum absolute atomic E-state index is 5.50. The second kappa shape index (κ2) is 8.65. The number of methoxy groups -OCH3 is 1. The highest BCUT2D eigenvalue weighted by Crippen LogP contribution is 2.29. The van der Waals surface area contributed by atoms with Gasteiger partial charge in [0.1, 0.15) is 12.1 Å². The molecule has 3 heterocycles. The molecule has 29 heavy (non-hydrogen) atoms. The van der Waals surface area contributed by atoms with Gasteiger partial charge in [-0.05, 0) is 38.0 Å². The molecule has 3 aromatic rings. The summed E-state index contributed by atoms with van der Waals surface area (Å²) in [7, 11) is 1.68. The number of imidazole rings is 1. The summed E-state index contributed by atoms with van der Waals surface area (Å²) in [4.78, 5) is 16.2. The number of fused-ring (bicyclic) bond motifs is 1. The van der Waals surface area contributed by atoms with Crippen LogP contribution in [-0.2, 0) is 11.2 Å². The number of anilines is 2. The number of aromatic nitrogens is 4. The number of nitrogens with zero attached hydrogens (tertiary/aromatic N) is 5. The molecular weight excluding hydrogens is 368 g/mol. The van der Waals surface area contributed by atoms with Crippen molar-refractivity contribution in [1.82, 2.24) is 19.5 Å². The first kappa shape index (κ1) is 19.4. The van der Waals surface area contributed by atoms with E-state index in [1.165, 1.54) is 5.56 Å². The third-order valence-electron chi connectivity index (χ3n) is 5.13. The molecule has 1 aliphatic heterocycles. The van der Waals surface area contributed by atoms with Gasteiger partial charge < -0.3 is 19.7 Å². The zero-order valence-electron chi connectivity index (χ0n) is 17.3. The van der Waals surface area contributed by atoms with E-state index in [1.807, 2.05) is 12.1 Å². The van der Waals surface area contributed by atoms with Crippen molar-refractivity contribution in [3.8, 4) is 5.75 Å². The average Bonchev–Trinajstić information content (AvgIpc) is 3.16. The molecule has 154 valence electrons. The van der Waals surface area contributed by atoms with Crippen LogP contribution < -0.4 is 15.0 Å². The molecule has 1 aliphatic rings. The van der Waals surface area contributed by atoms with E-state index in [-0.39, 0.29) is 6.04 Å². The largest absolute Gasteiger partial charge is 0.497 e. The van der Waals surface area contributed by atoms with Gasteiger partial charge in [-0.15, -0.1) is 0 Å². The smallest absolute Gasteiger partial charge is 0.208 e. The van der Waals surface area contributed by atoms with Gasteiger partial charge in [-0.2, -0.15) is 0 Å². The molecule has 0 atom stereocenters. The second-order valence-corrected chi connectivity index (χ2v) is 7.39. The summed E-state index contributed by atoms with van der Waals surface area (Å²) in [6.45, 7) is 8.20. The number of hydrogen-bond acceptors (Lipinski definition) is 7. The molecule has 1 saturated heterocycles. The Labute approximate surface area is 170 Å². The topological polar surface area (TPSA) is 77.3 Å². The summed E-state index contributed by atoms with van der Waals surface area (Å²) >= 11 is 0. The van der Waals surface area contributed by atoms with Crippen LogP contribution in [0.2, 0.25) is 0 Å². The van der Waals surface area contributed by atoms with E-state index in [0.717, 1.165) is 67.9 Å². The number of nitrogens with one attached hydrogen (secondary N) is 1. The van der Waals surface area contributed by atoms with Crippen LogP contribution in [0.4, 0.5) is 11.8 Å². The van der Waals surface area contributed by atoms with Gasteiger partial charge in [-0.25, -0.2) is 15.0 Å². The van der Waals surface area contributed by atoms with Crippen molar-refractivity contribution in [1.29, 1.82) is 0 Å². The lowest BCUT2D eigenvalue weighted by Gasteiger charge is -2.29. The summed E-state index contributed by atoms with van der Waals surface area (Å²) < 4.78 is 12.9. The van der Waals surface area contributed by atoms with Gasteiger partial charge in [0.25, 0.3) is 0 Å². The molecule has 0 saturated carbocycles. The standard InChI is InChI=1S/C21H28N6O2/c1-15(2)27-20-18(25-21(27)26-10-12-29-13-11-26)19(23-14-24-20)22-9-8-16-4-6-17(28-3)7-5-16/h4-7,14-15H,8-13H2,1-3H3,(H,22,23,24). The fraction of sp³-hybridized carbons (Fsp3) is 0.476. The summed E-state index contributed by atoms with van der Waals surface area (Å²) in [6, 6.07) is 8.38. The van der Waals surface area contributed by atoms with E-state index >= 15 is 0 Å². The number of rotatable bonds is 7. The fourth-order valence-electron chi connectivity index (χ4n) is 3.61. The van der Waals surface area contributed by atoms with Crippen molar-refractivity contribution in [3.05, 3.63) is 36.2 Å². The van der Waals surface area contributed by atoms with Crippen LogP contribution in [0.5, 0.6) is 5.75 Å². The molecule has 0 amide bonds. The van der Waals surface area contributed by atoms with E-state index in [1.54, 1.807) is 13.4 Å². The van der Waals surface area contributed by atoms with Gasteiger partial charge in [0, 0.05) is 25.7 Å². The maximum Gasteiger partial charge on any atom is 0.208 e. The highest BCUT2D eigenvalue weighted by molar-refractivity contribution is 5.85. The molecule has 4 rings (SSSR count). The minimum atomic E-state index is 0.250. The first-order valence-electron chi connectivity index (χ1n) is 10.1. The van der Waals surface area contributed by atoms with Crippen LogP contribution in [0.3, 0.4) is 0 Å². The SMILES string of the molecule is COc1ccc(CCNc2ncnc3c2nc(N2CCOCC2)n3C(C)C)cc1. The van der Waals surface area contributed by atoms with Gasteiger partial charge in [-0.1, -0.05) is 12.1 Å². The van der Waals surface area contributed by atoms with Crippen molar-refractivity contribution in [3.63, 3.8) is 0 Å². The Bertz CT molecular complexity index is 948.